The van der Waals surface area contributed by atoms with Crippen LogP contribution in [-0.4, -0.2) is 27.7 Å². The standard InChI is InChI=1S/C12H12FN3O3/c1-7-15-11(16-19-7)4-5-14-12(18)9-6-8(13)2-3-10(9)17/h2-3,6,17H,4-5H2,1H3,(H,14,18). The second kappa shape index (κ2) is 5.47. The quantitative estimate of drug-likeness (QED) is 0.867. The maximum absolute atomic E-state index is 13.0. The van der Waals surface area contributed by atoms with Gasteiger partial charge in [0, 0.05) is 19.9 Å². The molecule has 1 aromatic heterocycles. The Kier molecular flexibility index (Phi) is 3.74. The SMILES string of the molecule is Cc1nc(CCNC(=O)c2cc(F)ccc2O)no1. The first-order valence-corrected chi connectivity index (χ1v) is 5.62. The molecule has 0 spiro atoms. The molecule has 1 amide bonds. The van der Waals surface area contributed by atoms with E-state index in [4.69, 9.17) is 4.52 Å². The topological polar surface area (TPSA) is 88.2 Å². The van der Waals surface area contributed by atoms with Gasteiger partial charge in [-0.25, -0.2) is 4.39 Å². The predicted molar refractivity (Wildman–Crippen MR) is 63.1 cm³/mol. The van der Waals surface area contributed by atoms with Gasteiger partial charge in [0.05, 0.1) is 5.56 Å². The van der Waals surface area contributed by atoms with Crippen molar-refractivity contribution in [3.8, 4) is 5.75 Å². The van der Waals surface area contributed by atoms with Crippen molar-refractivity contribution in [2.24, 2.45) is 0 Å². The number of aryl methyl sites for hydroxylation is 1. The Morgan fingerprint density at radius 2 is 2.32 bits per heavy atom. The molecule has 6 nitrogen and oxygen atoms in total. The molecule has 2 N–H and O–H groups in total. The number of aromatic hydroxyl groups is 1. The number of carbonyl (C=O) groups is 1. The van der Waals surface area contributed by atoms with Gasteiger partial charge in [0.1, 0.15) is 11.6 Å². The van der Waals surface area contributed by atoms with Gasteiger partial charge < -0.3 is 14.9 Å². The molecule has 0 aliphatic carbocycles. The fraction of sp³-hybridized carbons (Fsp3) is 0.250. The lowest BCUT2D eigenvalue weighted by Gasteiger charge is -2.05. The van der Waals surface area contributed by atoms with Crippen LogP contribution in [0.15, 0.2) is 22.7 Å². The fourth-order valence-electron chi connectivity index (χ4n) is 1.52. The Balaban J connectivity index is 1.92. The summed E-state index contributed by atoms with van der Waals surface area (Å²) in [6, 6.07) is 3.18. The molecule has 7 heteroatoms. The summed E-state index contributed by atoms with van der Waals surface area (Å²) in [6.45, 7) is 1.92. The molecule has 0 atom stereocenters. The Bertz CT molecular complexity index is 598. The maximum Gasteiger partial charge on any atom is 0.255 e. The van der Waals surface area contributed by atoms with Crippen LogP contribution < -0.4 is 5.32 Å². The Morgan fingerprint density at radius 3 is 3.00 bits per heavy atom. The Hall–Kier alpha value is -2.44. The highest BCUT2D eigenvalue weighted by atomic mass is 19.1. The number of benzene rings is 1. The van der Waals surface area contributed by atoms with Gasteiger partial charge in [0.25, 0.3) is 5.91 Å². The van der Waals surface area contributed by atoms with Crippen molar-refractivity contribution in [2.75, 3.05) is 6.54 Å². The number of rotatable bonds is 4. The summed E-state index contributed by atoms with van der Waals surface area (Å²) < 4.78 is 17.8. The van der Waals surface area contributed by atoms with Crippen molar-refractivity contribution in [1.29, 1.82) is 0 Å². The van der Waals surface area contributed by atoms with Gasteiger partial charge in [0.15, 0.2) is 5.82 Å². The lowest BCUT2D eigenvalue weighted by Crippen LogP contribution is -2.26. The highest BCUT2D eigenvalue weighted by molar-refractivity contribution is 5.96. The largest absolute Gasteiger partial charge is 0.507 e. The van der Waals surface area contributed by atoms with Crippen molar-refractivity contribution in [3.63, 3.8) is 0 Å². The molecule has 0 aliphatic rings. The number of phenols is 1. The minimum atomic E-state index is -0.586. The van der Waals surface area contributed by atoms with E-state index in [1.807, 2.05) is 0 Å². The second-order valence-corrected chi connectivity index (χ2v) is 3.90. The highest BCUT2D eigenvalue weighted by Crippen LogP contribution is 2.17. The number of hydrogen-bond donors (Lipinski definition) is 2. The molecule has 0 unspecified atom stereocenters. The molecular weight excluding hydrogens is 253 g/mol. The number of nitrogens with zero attached hydrogens (tertiary/aromatic N) is 2. The smallest absolute Gasteiger partial charge is 0.255 e. The van der Waals surface area contributed by atoms with E-state index in [0.29, 0.717) is 18.1 Å². The van der Waals surface area contributed by atoms with Gasteiger partial charge >= 0.3 is 0 Å². The third kappa shape index (κ3) is 3.27. The van der Waals surface area contributed by atoms with Crippen LogP contribution in [0.25, 0.3) is 0 Å². The maximum atomic E-state index is 13.0. The van der Waals surface area contributed by atoms with E-state index in [2.05, 4.69) is 15.5 Å². The number of halogens is 1. The van der Waals surface area contributed by atoms with E-state index in [-0.39, 0.29) is 17.9 Å². The first-order valence-electron chi connectivity index (χ1n) is 5.62. The fourth-order valence-corrected chi connectivity index (χ4v) is 1.52. The molecule has 2 rings (SSSR count). The summed E-state index contributed by atoms with van der Waals surface area (Å²) in [5, 5.41) is 15.7. The van der Waals surface area contributed by atoms with Crippen molar-refractivity contribution in [1.82, 2.24) is 15.5 Å². The molecule has 0 radical (unpaired) electrons. The number of hydrogen-bond acceptors (Lipinski definition) is 5. The molecule has 0 bridgehead atoms. The van der Waals surface area contributed by atoms with Gasteiger partial charge in [-0.1, -0.05) is 5.16 Å². The van der Waals surface area contributed by atoms with Crippen LogP contribution in [0.5, 0.6) is 5.75 Å². The molecule has 19 heavy (non-hydrogen) atoms. The van der Waals surface area contributed by atoms with Crippen LogP contribution in [0.2, 0.25) is 0 Å². The summed E-state index contributed by atoms with van der Waals surface area (Å²) >= 11 is 0. The van der Waals surface area contributed by atoms with Crippen LogP contribution >= 0.6 is 0 Å². The monoisotopic (exact) mass is 265 g/mol. The summed E-state index contributed by atoms with van der Waals surface area (Å²) in [4.78, 5) is 15.7. The molecule has 0 saturated carbocycles. The molecule has 0 saturated heterocycles. The lowest BCUT2D eigenvalue weighted by molar-refractivity contribution is 0.0950. The summed E-state index contributed by atoms with van der Waals surface area (Å²) in [7, 11) is 0. The van der Waals surface area contributed by atoms with Gasteiger partial charge in [-0.3, -0.25) is 4.79 Å². The molecule has 1 heterocycles. The molecule has 0 fully saturated rings. The van der Waals surface area contributed by atoms with Crippen LogP contribution in [0.3, 0.4) is 0 Å². The van der Waals surface area contributed by atoms with Gasteiger partial charge in [0.2, 0.25) is 5.89 Å². The van der Waals surface area contributed by atoms with E-state index in [0.717, 1.165) is 18.2 Å². The summed E-state index contributed by atoms with van der Waals surface area (Å²) in [5.74, 6) is -0.492. The molecule has 1 aromatic carbocycles. The van der Waals surface area contributed by atoms with Crippen molar-refractivity contribution >= 4 is 5.91 Å². The van der Waals surface area contributed by atoms with Crippen molar-refractivity contribution in [3.05, 3.63) is 41.3 Å². The zero-order valence-electron chi connectivity index (χ0n) is 10.2. The highest BCUT2D eigenvalue weighted by Gasteiger charge is 2.12. The molecule has 100 valence electrons. The van der Waals surface area contributed by atoms with Crippen LogP contribution in [0.4, 0.5) is 4.39 Å². The number of nitrogens with one attached hydrogen (secondary N) is 1. The third-order valence-electron chi connectivity index (χ3n) is 2.41. The molecular formula is C12H12FN3O3. The zero-order chi connectivity index (χ0) is 13.8. The van der Waals surface area contributed by atoms with Crippen LogP contribution in [-0.2, 0) is 6.42 Å². The van der Waals surface area contributed by atoms with Crippen molar-refractivity contribution in [2.45, 2.75) is 13.3 Å². The number of phenolic OH excluding ortho intramolecular Hbond substituents is 1. The molecule has 0 aliphatic heterocycles. The lowest BCUT2D eigenvalue weighted by atomic mass is 10.2. The summed E-state index contributed by atoms with van der Waals surface area (Å²) in [5.41, 5.74) is -0.107. The average molecular weight is 265 g/mol. The van der Waals surface area contributed by atoms with E-state index in [1.165, 1.54) is 0 Å². The normalized spacial score (nSPS) is 10.4. The van der Waals surface area contributed by atoms with Crippen molar-refractivity contribution < 1.29 is 18.8 Å². The summed E-state index contributed by atoms with van der Waals surface area (Å²) in [6.07, 6.45) is 0.388. The number of carbonyl (C=O) groups excluding carboxylic acids is 1. The van der Waals surface area contributed by atoms with E-state index in [1.54, 1.807) is 6.92 Å². The second-order valence-electron chi connectivity index (χ2n) is 3.90. The van der Waals surface area contributed by atoms with Gasteiger partial charge in [-0.05, 0) is 18.2 Å². The third-order valence-corrected chi connectivity index (χ3v) is 2.41. The predicted octanol–water partition coefficient (Wildman–Crippen LogP) is 1.20. The number of amides is 1. The first-order chi connectivity index (χ1) is 9.06. The first kappa shape index (κ1) is 13.0. The van der Waals surface area contributed by atoms with Gasteiger partial charge in [-0.15, -0.1) is 0 Å². The van der Waals surface area contributed by atoms with Crippen LogP contribution in [0, 0.1) is 12.7 Å². The average Bonchev–Trinajstić information content (AvgIpc) is 2.78. The molecule has 2 aromatic rings. The Morgan fingerprint density at radius 1 is 1.53 bits per heavy atom. The van der Waals surface area contributed by atoms with Crippen LogP contribution in [0.1, 0.15) is 22.1 Å². The zero-order valence-corrected chi connectivity index (χ0v) is 10.2. The van der Waals surface area contributed by atoms with E-state index >= 15 is 0 Å². The minimum Gasteiger partial charge on any atom is -0.507 e. The Labute approximate surface area is 108 Å². The van der Waals surface area contributed by atoms with E-state index in [9.17, 15) is 14.3 Å². The van der Waals surface area contributed by atoms with E-state index < -0.39 is 11.7 Å². The van der Waals surface area contributed by atoms with Gasteiger partial charge in [-0.2, -0.15) is 4.98 Å². The minimum absolute atomic E-state index is 0.107. The number of aromatic nitrogens is 2.